The van der Waals surface area contributed by atoms with Crippen LogP contribution in [0.15, 0.2) is 30.3 Å². The van der Waals surface area contributed by atoms with Crippen LogP contribution in [-0.4, -0.2) is 0 Å². The molecule has 21 heavy (non-hydrogen) atoms. The van der Waals surface area contributed by atoms with Crippen LogP contribution >= 0.6 is 11.3 Å². The number of thiophene rings is 1. The van der Waals surface area contributed by atoms with E-state index in [0.717, 1.165) is 12.0 Å². The van der Waals surface area contributed by atoms with E-state index in [1.54, 1.807) is 0 Å². The minimum Gasteiger partial charge on any atom is -0.192 e. The molecule has 0 N–H and O–H groups in total. The number of rotatable bonds is 7. The van der Waals surface area contributed by atoms with Gasteiger partial charge in [0.05, 0.1) is 11.6 Å². The second-order valence-corrected chi connectivity index (χ2v) is 6.85. The quantitative estimate of drug-likeness (QED) is 0.566. The van der Waals surface area contributed by atoms with Gasteiger partial charge in [0, 0.05) is 9.75 Å². The molecule has 0 atom stereocenters. The van der Waals surface area contributed by atoms with Crippen molar-refractivity contribution in [2.75, 3.05) is 0 Å². The number of nitriles is 1. The lowest BCUT2D eigenvalue weighted by Crippen LogP contribution is -1.92. The molecule has 0 radical (unpaired) electrons. The van der Waals surface area contributed by atoms with Crippen molar-refractivity contribution >= 4 is 11.3 Å². The number of nitrogens with zero attached hydrogens (tertiary/aromatic N) is 1. The molecule has 0 unspecified atom stereocenters. The number of benzene rings is 1. The SMILES string of the molecule is CCCCCCCc1cc(-c2ccc(C)s2)ccc1C#N. The Balaban J connectivity index is 2.09. The summed E-state index contributed by atoms with van der Waals surface area (Å²) < 4.78 is 0. The van der Waals surface area contributed by atoms with E-state index < -0.39 is 0 Å². The van der Waals surface area contributed by atoms with Gasteiger partial charge in [0.15, 0.2) is 0 Å². The van der Waals surface area contributed by atoms with Crippen LogP contribution in [0, 0.1) is 18.3 Å². The molecule has 0 bridgehead atoms. The van der Waals surface area contributed by atoms with Gasteiger partial charge in [-0.1, -0.05) is 38.7 Å². The normalized spacial score (nSPS) is 10.5. The van der Waals surface area contributed by atoms with Crippen LogP contribution < -0.4 is 0 Å². The van der Waals surface area contributed by atoms with E-state index in [-0.39, 0.29) is 0 Å². The van der Waals surface area contributed by atoms with Crippen molar-refractivity contribution in [3.8, 4) is 16.5 Å². The molecule has 0 saturated heterocycles. The largest absolute Gasteiger partial charge is 0.192 e. The van der Waals surface area contributed by atoms with Gasteiger partial charge in [-0.25, -0.2) is 0 Å². The molecule has 0 aliphatic carbocycles. The van der Waals surface area contributed by atoms with Crippen molar-refractivity contribution in [1.82, 2.24) is 0 Å². The molecule has 1 aromatic carbocycles. The summed E-state index contributed by atoms with van der Waals surface area (Å²) in [5.41, 5.74) is 3.29. The number of unbranched alkanes of at least 4 members (excludes halogenated alkanes) is 4. The van der Waals surface area contributed by atoms with Crippen molar-refractivity contribution in [3.63, 3.8) is 0 Å². The maximum absolute atomic E-state index is 9.28. The molecule has 2 aromatic rings. The number of hydrogen-bond donors (Lipinski definition) is 0. The highest BCUT2D eigenvalue weighted by Gasteiger charge is 2.07. The Hall–Kier alpha value is -1.59. The Kier molecular flexibility index (Phi) is 6.02. The van der Waals surface area contributed by atoms with E-state index in [0.29, 0.717) is 0 Å². The molecule has 0 amide bonds. The molecule has 0 saturated carbocycles. The van der Waals surface area contributed by atoms with Crippen molar-refractivity contribution in [2.24, 2.45) is 0 Å². The van der Waals surface area contributed by atoms with Crippen LogP contribution in [0.5, 0.6) is 0 Å². The smallest absolute Gasteiger partial charge is 0.0994 e. The summed E-state index contributed by atoms with van der Waals surface area (Å²) in [7, 11) is 0. The van der Waals surface area contributed by atoms with Gasteiger partial charge in [-0.05, 0) is 55.2 Å². The Labute approximate surface area is 132 Å². The van der Waals surface area contributed by atoms with Gasteiger partial charge in [-0.15, -0.1) is 11.3 Å². The van der Waals surface area contributed by atoms with Crippen molar-refractivity contribution in [3.05, 3.63) is 46.3 Å². The van der Waals surface area contributed by atoms with Gasteiger partial charge in [0.25, 0.3) is 0 Å². The topological polar surface area (TPSA) is 23.8 Å². The zero-order chi connectivity index (χ0) is 15.1. The highest BCUT2D eigenvalue weighted by Crippen LogP contribution is 2.29. The molecule has 0 aliphatic heterocycles. The molecule has 1 aromatic heterocycles. The molecular weight excluding hydrogens is 274 g/mol. The van der Waals surface area contributed by atoms with E-state index in [1.807, 2.05) is 17.4 Å². The Bertz CT molecular complexity index is 619. The lowest BCUT2D eigenvalue weighted by molar-refractivity contribution is 0.632. The van der Waals surface area contributed by atoms with Gasteiger partial charge in [-0.2, -0.15) is 5.26 Å². The first-order chi connectivity index (χ1) is 10.2. The van der Waals surface area contributed by atoms with Crippen LogP contribution in [0.2, 0.25) is 0 Å². The number of aryl methyl sites for hydroxylation is 2. The summed E-state index contributed by atoms with van der Waals surface area (Å²) in [4.78, 5) is 2.62. The van der Waals surface area contributed by atoms with Gasteiger partial charge >= 0.3 is 0 Å². The fraction of sp³-hybridized carbons (Fsp3) is 0.421. The van der Waals surface area contributed by atoms with Crippen molar-refractivity contribution in [1.29, 1.82) is 5.26 Å². The summed E-state index contributed by atoms with van der Waals surface area (Å²) >= 11 is 1.82. The molecule has 2 heteroatoms. The summed E-state index contributed by atoms with van der Waals surface area (Å²) in [6.45, 7) is 4.37. The summed E-state index contributed by atoms with van der Waals surface area (Å²) in [5, 5.41) is 9.28. The predicted octanol–water partition coefficient (Wildman–Crippen LogP) is 6.11. The molecule has 0 aliphatic rings. The molecule has 0 fully saturated rings. The summed E-state index contributed by atoms with van der Waals surface area (Å²) in [6, 6.07) is 12.9. The number of hydrogen-bond acceptors (Lipinski definition) is 2. The van der Waals surface area contributed by atoms with E-state index in [1.165, 1.54) is 53.0 Å². The van der Waals surface area contributed by atoms with Crippen molar-refractivity contribution < 1.29 is 0 Å². The van der Waals surface area contributed by atoms with Gasteiger partial charge in [0.2, 0.25) is 0 Å². The van der Waals surface area contributed by atoms with Gasteiger partial charge in [0.1, 0.15) is 0 Å². The van der Waals surface area contributed by atoms with Crippen LogP contribution in [0.1, 0.15) is 55.0 Å². The van der Waals surface area contributed by atoms with Crippen LogP contribution in [0.25, 0.3) is 10.4 Å². The minimum absolute atomic E-state index is 0.836. The zero-order valence-electron chi connectivity index (χ0n) is 13.0. The van der Waals surface area contributed by atoms with Gasteiger partial charge in [-0.3, -0.25) is 0 Å². The monoisotopic (exact) mass is 297 g/mol. The van der Waals surface area contributed by atoms with Crippen LogP contribution in [0.3, 0.4) is 0 Å². The Morgan fingerprint density at radius 2 is 1.86 bits per heavy atom. The summed E-state index contributed by atoms with van der Waals surface area (Å²) in [6.07, 6.45) is 7.37. The lowest BCUT2D eigenvalue weighted by Gasteiger charge is -2.07. The lowest BCUT2D eigenvalue weighted by atomic mass is 9.98. The van der Waals surface area contributed by atoms with E-state index in [9.17, 15) is 5.26 Å². The van der Waals surface area contributed by atoms with Crippen molar-refractivity contribution in [2.45, 2.75) is 52.4 Å². The average Bonchev–Trinajstić information content (AvgIpc) is 2.93. The minimum atomic E-state index is 0.836. The van der Waals surface area contributed by atoms with E-state index >= 15 is 0 Å². The molecule has 0 spiro atoms. The fourth-order valence-electron chi connectivity index (χ4n) is 2.57. The van der Waals surface area contributed by atoms with Crippen LogP contribution in [0.4, 0.5) is 0 Å². The van der Waals surface area contributed by atoms with E-state index in [2.05, 4.69) is 44.2 Å². The standard InChI is InChI=1S/C19H23NS/c1-3-4-5-6-7-8-16-13-17(10-11-18(16)14-20)19-12-9-15(2)21-19/h9-13H,3-8H2,1-2H3. The second kappa shape index (κ2) is 8.00. The van der Waals surface area contributed by atoms with E-state index in [4.69, 9.17) is 0 Å². The molecule has 110 valence electrons. The third-order valence-corrected chi connectivity index (χ3v) is 4.85. The molecule has 2 rings (SSSR count). The maximum atomic E-state index is 9.28. The van der Waals surface area contributed by atoms with Gasteiger partial charge < -0.3 is 0 Å². The fourth-order valence-corrected chi connectivity index (χ4v) is 3.44. The molecule has 1 nitrogen and oxygen atoms in total. The third-order valence-electron chi connectivity index (χ3n) is 3.80. The Morgan fingerprint density at radius 1 is 1.05 bits per heavy atom. The first kappa shape index (κ1) is 15.8. The highest BCUT2D eigenvalue weighted by molar-refractivity contribution is 7.15. The highest BCUT2D eigenvalue weighted by atomic mass is 32.1. The average molecular weight is 297 g/mol. The summed E-state index contributed by atoms with van der Waals surface area (Å²) in [5.74, 6) is 0. The maximum Gasteiger partial charge on any atom is 0.0994 e. The third kappa shape index (κ3) is 4.44. The molecular formula is C19H23NS. The zero-order valence-corrected chi connectivity index (χ0v) is 13.8. The first-order valence-corrected chi connectivity index (χ1v) is 8.66. The predicted molar refractivity (Wildman–Crippen MR) is 91.7 cm³/mol. The van der Waals surface area contributed by atoms with Crippen LogP contribution in [-0.2, 0) is 6.42 Å². The first-order valence-electron chi connectivity index (χ1n) is 7.84. The second-order valence-electron chi connectivity index (χ2n) is 5.56. The Morgan fingerprint density at radius 3 is 2.52 bits per heavy atom. The molecule has 1 heterocycles.